The highest BCUT2D eigenvalue weighted by atomic mass is 16.5. The number of nitrogens with one attached hydrogen (secondary N) is 1. The summed E-state index contributed by atoms with van der Waals surface area (Å²) in [5.74, 6) is 1.22. The normalized spacial score (nSPS) is 14.0. The zero-order chi connectivity index (χ0) is 24.1. The Morgan fingerprint density at radius 1 is 1.06 bits per heavy atom. The van der Waals surface area contributed by atoms with Gasteiger partial charge in [-0.15, -0.1) is 0 Å². The Hall–Kier alpha value is -3.81. The summed E-state index contributed by atoms with van der Waals surface area (Å²) in [7, 11) is 4.62. The number of nitrogens with zero attached hydrogens (tertiary/aromatic N) is 2. The number of carbonyl (C=O) groups is 1. The van der Waals surface area contributed by atoms with E-state index in [0.717, 1.165) is 36.6 Å². The Bertz CT molecular complexity index is 1250. The summed E-state index contributed by atoms with van der Waals surface area (Å²) < 4.78 is 17.7. The van der Waals surface area contributed by atoms with Crippen LogP contribution in [0.2, 0.25) is 0 Å². The fraction of sp³-hybridized carbons (Fsp3) is 0.346. The molecule has 1 aliphatic carbocycles. The van der Waals surface area contributed by atoms with Gasteiger partial charge in [-0.1, -0.05) is 31.0 Å². The van der Waals surface area contributed by atoms with E-state index >= 15 is 0 Å². The predicted molar refractivity (Wildman–Crippen MR) is 130 cm³/mol. The number of rotatable bonds is 8. The Kier molecular flexibility index (Phi) is 7.15. The molecule has 34 heavy (non-hydrogen) atoms. The maximum absolute atomic E-state index is 13.0. The lowest BCUT2D eigenvalue weighted by molar-refractivity contribution is -0.116. The van der Waals surface area contributed by atoms with Crippen molar-refractivity contribution in [2.75, 3.05) is 21.3 Å². The first-order valence-electron chi connectivity index (χ1n) is 11.3. The summed E-state index contributed by atoms with van der Waals surface area (Å²) >= 11 is 0. The van der Waals surface area contributed by atoms with E-state index in [1.807, 2.05) is 24.3 Å². The topological polar surface area (TPSA) is 91.7 Å². The molecule has 0 radical (unpaired) electrons. The molecule has 0 atom stereocenters. The lowest BCUT2D eigenvalue weighted by Gasteiger charge is -2.16. The van der Waals surface area contributed by atoms with Gasteiger partial charge in [0.1, 0.15) is 0 Å². The third-order valence-corrected chi connectivity index (χ3v) is 6.12. The van der Waals surface area contributed by atoms with Crippen LogP contribution in [0.1, 0.15) is 43.0 Å². The molecule has 2 aromatic carbocycles. The van der Waals surface area contributed by atoms with Crippen LogP contribution in [0, 0.1) is 0 Å². The van der Waals surface area contributed by atoms with E-state index in [-0.39, 0.29) is 24.1 Å². The average molecular weight is 464 g/mol. The van der Waals surface area contributed by atoms with Gasteiger partial charge in [0.25, 0.3) is 5.56 Å². The maximum atomic E-state index is 13.0. The Morgan fingerprint density at radius 2 is 1.71 bits per heavy atom. The molecule has 178 valence electrons. The molecule has 0 spiro atoms. The van der Waals surface area contributed by atoms with Gasteiger partial charge < -0.3 is 19.5 Å². The smallest absolute Gasteiger partial charge is 0.274 e. The largest absolute Gasteiger partial charge is 0.493 e. The van der Waals surface area contributed by atoms with Crippen molar-refractivity contribution >= 4 is 22.8 Å². The van der Waals surface area contributed by atoms with Crippen molar-refractivity contribution in [3.63, 3.8) is 0 Å². The average Bonchev–Trinajstić information content (AvgIpc) is 3.41. The van der Waals surface area contributed by atoms with Crippen molar-refractivity contribution in [3.8, 4) is 17.2 Å². The Labute approximate surface area is 198 Å². The molecular formula is C26H29N3O5. The summed E-state index contributed by atoms with van der Waals surface area (Å²) in [4.78, 5) is 25.6. The van der Waals surface area contributed by atoms with Crippen LogP contribution in [0.25, 0.3) is 16.8 Å². The second-order valence-electron chi connectivity index (χ2n) is 8.19. The molecular weight excluding hydrogens is 434 g/mol. The van der Waals surface area contributed by atoms with Gasteiger partial charge in [-0.3, -0.25) is 9.59 Å². The van der Waals surface area contributed by atoms with Crippen molar-refractivity contribution in [2.45, 2.75) is 38.3 Å². The molecule has 1 aromatic heterocycles. The van der Waals surface area contributed by atoms with E-state index in [4.69, 9.17) is 14.2 Å². The molecule has 1 saturated carbocycles. The summed E-state index contributed by atoms with van der Waals surface area (Å²) in [6, 6.07) is 11.1. The van der Waals surface area contributed by atoms with Crippen molar-refractivity contribution in [1.29, 1.82) is 0 Å². The fourth-order valence-corrected chi connectivity index (χ4v) is 4.40. The molecule has 0 saturated heterocycles. The van der Waals surface area contributed by atoms with Crippen molar-refractivity contribution < 1.29 is 19.0 Å². The fourth-order valence-electron chi connectivity index (χ4n) is 4.40. The van der Waals surface area contributed by atoms with Gasteiger partial charge in [0.05, 0.1) is 45.0 Å². The minimum absolute atomic E-state index is 0.0696. The highest BCUT2D eigenvalue weighted by molar-refractivity contribution is 5.92. The number of amides is 1. The second kappa shape index (κ2) is 10.4. The second-order valence-corrected chi connectivity index (χ2v) is 8.19. The molecule has 1 aliphatic rings. The molecule has 8 nitrogen and oxygen atoms in total. The maximum Gasteiger partial charge on any atom is 0.274 e. The minimum Gasteiger partial charge on any atom is -0.493 e. The number of aromatic nitrogens is 2. The molecule has 1 N–H and O–H groups in total. The first-order valence-corrected chi connectivity index (χ1v) is 11.3. The Morgan fingerprint density at radius 3 is 2.32 bits per heavy atom. The predicted octanol–water partition coefficient (Wildman–Crippen LogP) is 3.87. The van der Waals surface area contributed by atoms with E-state index in [2.05, 4.69) is 10.4 Å². The van der Waals surface area contributed by atoms with E-state index in [0.29, 0.717) is 28.3 Å². The quantitative estimate of drug-likeness (QED) is 0.510. The monoisotopic (exact) mass is 463 g/mol. The van der Waals surface area contributed by atoms with Gasteiger partial charge in [0, 0.05) is 11.5 Å². The molecule has 8 heteroatoms. The molecule has 4 rings (SSSR count). The first kappa shape index (κ1) is 23.4. The van der Waals surface area contributed by atoms with Gasteiger partial charge in [-0.25, -0.2) is 4.68 Å². The molecule has 3 aromatic rings. The molecule has 1 amide bonds. The van der Waals surface area contributed by atoms with Gasteiger partial charge in [-0.2, -0.15) is 5.10 Å². The van der Waals surface area contributed by atoms with E-state index in [1.54, 1.807) is 37.1 Å². The first-order chi connectivity index (χ1) is 16.5. The summed E-state index contributed by atoms with van der Waals surface area (Å²) in [6.45, 7) is 0.214. The van der Waals surface area contributed by atoms with Crippen molar-refractivity contribution in [3.05, 3.63) is 64.1 Å². The zero-order valence-electron chi connectivity index (χ0n) is 19.7. The highest BCUT2D eigenvalue weighted by Crippen LogP contribution is 2.38. The number of fused-ring (bicyclic) bond motifs is 1. The zero-order valence-corrected chi connectivity index (χ0v) is 19.7. The standard InChI is InChI=1S/C26H29N3O5/c1-32-22-14-17(15-23(33-2)25(22)34-3)12-13-24(30)27-16-21-19-10-6-7-11-20(19)26(31)29(28-21)18-8-4-5-9-18/h6-7,10-15,18H,4-5,8-9,16H2,1-3H3,(H,27,30)/b13-12+. The van der Waals surface area contributed by atoms with Gasteiger partial charge in [-0.05, 0) is 42.7 Å². The van der Waals surface area contributed by atoms with E-state index in [1.165, 1.54) is 13.2 Å². The third-order valence-electron chi connectivity index (χ3n) is 6.12. The van der Waals surface area contributed by atoms with Crippen LogP contribution < -0.4 is 25.1 Å². The SMILES string of the molecule is COc1cc(/C=C/C(=O)NCc2nn(C3CCCC3)c(=O)c3ccccc23)cc(OC)c1OC. The van der Waals surface area contributed by atoms with Crippen LogP contribution in [-0.4, -0.2) is 37.0 Å². The number of hydrogen-bond acceptors (Lipinski definition) is 6. The molecule has 1 fully saturated rings. The van der Waals surface area contributed by atoms with Crippen molar-refractivity contribution in [2.24, 2.45) is 0 Å². The van der Waals surface area contributed by atoms with Crippen LogP contribution in [0.15, 0.2) is 47.3 Å². The lowest BCUT2D eigenvalue weighted by atomic mass is 10.1. The molecule has 1 heterocycles. The van der Waals surface area contributed by atoms with Crippen molar-refractivity contribution in [1.82, 2.24) is 15.1 Å². The number of methoxy groups -OCH3 is 3. The summed E-state index contributed by atoms with van der Waals surface area (Å²) in [6.07, 6.45) is 7.22. The van der Waals surface area contributed by atoms with Crippen LogP contribution in [0.5, 0.6) is 17.2 Å². The van der Waals surface area contributed by atoms with Gasteiger partial charge in [0.2, 0.25) is 11.7 Å². The molecule has 0 unspecified atom stereocenters. The summed E-state index contributed by atoms with van der Waals surface area (Å²) in [5, 5.41) is 8.93. The van der Waals surface area contributed by atoms with Crippen LogP contribution in [0.3, 0.4) is 0 Å². The minimum atomic E-state index is -0.279. The number of ether oxygens (including phenoxy) is 3. The Balaban J connectivity index is 1.54. The summed E-state index contributed by atoms with van der Waals surface area (Å²) in [5.41, 5.74) is 1.33. The third kappa shape index (κ3) is 4.76. The van der Waals surface area contributed by atoms with Crippen LogP contribution in [0.4, 0.5) is 0 Å². The number of benzene rings is 2. The molecule has 0 bridgehead atoms. The van der Waals surface area contributed by atoms with Gasteiger partial charge in [0.15, 0.2) is 11.5 Å². The van der Waals surface area contributed by atoms with E-state index < -0.39 is 0 Å². The van der Waals surface area contributed by atoms with Crippen LogP contribution in [-0.2, 0) is 11.3 Å². The van der Waals surface area contributed by atoms with E-state index in [9.17, 15) is 9.59 Å². The van der Waals surface area contributed by atoms with Crippen LogP contribution >= 0.6 is 0 Å². The van der Waals surface area contributed by atoms with Gasteiger partial charge >= 0.3 is 0 Å². The highest BCUT2D eigenvalue weighted by Gasteiger charge is 2.21. The lowest BCUT2D eigenvalue weighted by Crippen LogP contribution is -2.30. The molecule has 0 aliphatic heterocycles. The number of hydrogen-bond donors (Lipinski definition) is 1. The number of carbonyl (C=O) groups excluding carboxylic acids is 1.